The van der Waals surface area contributed by atoms with Gasteiger partial charge in [-0.2, -0.15) is 0 Å². The number of nitrogens with zero attached hydrogens (tertiary/aromatic N) is 1. The third kappa shape index (κ3) is 3.97. The normalized spacial score (nSPS) is 27.0. The zero-order chi connectivity index (χ0) is 16.4. The van der Waals surface area contributed by atoms with Gasteiger partial charge in [0.15, 0.2) is 11.0 Å². The van der Waals surface area contributed by atoms with Crippen molar-refractivity contribution in [1.29, 1.82) is 0 Å². The lowest BCUT2D eigenvalue weighted by molar-refractivity contribution is -0.913. The summed E-state index contributed by atoms with van der Waals surface area (Å²) in [6.07, 6.45) is 4.29. The molecule has 0 atom stereocenters. The maximum Gasteiger partial charge on any atom is 0.270 e. The zero-order valence-electron chi connectivity index (χ0n) is 13.0. The van der Waals surface area contributed by atoms with E-state index in [0.717, 1.165) is 24.6 Å². The van der Waals surface area contributed by atoms with Crippen molar-refractivity contribution in [2.24, 2.45) is 5.92 Å². The number of piperidine rings is 1. The van der Waals surface area contributed by atoms with Gasteiger partial charge in [0.05, 0.1) is 18.0 Å². The Bertz CT molecular complexity index is 654. The van der Waals surface area contributed by atoms with Crippen molar-refractivity contribution < 1.29 is 9.69 Å². The molecular formula is C17H20ClN2OS2+. The fraction of sp³-hybridized carbons (Fsp3) is 0.412. The quantitative estimate of drug-likeness (QED) is 0.656. The van der Waals surface area contributed by atoms with E-state index in [-0.39, 0.29) is 5.91 Å². The van der Waals surface area contributed by atoms with Gasteiger partial charge in [0.1, 0.15) is 0 Å². The Hall–Kier alpha value is -0.880. The van der Waals surface area contributed by atoms with Gasteiger partial charge in [0.2, 0.25) is 0 Å². The molecule has 1 aromatic carbocycles. The predicted molar refractivity (Wildman–Crippen MR) is 100 cm³/mol. The van der Waals surface area contributed by atoms with E-state index in [9.17, 15) is 4.79 Å². The highest BCUT2D eigenvalue weighted by Crippen LogP contribution is 2.33. The Kier molecular flexibility index (Phi) is 5.42. The molecule has 0 spiro atoms. The molecule has 2 heterocycles. The summed E-state index contributed by atoms with van der Waals surface area (Å²) >= 11 is 13.0. The maximum absolute atomic E-state index is 12.7. The standard InChI is InChI=1S/C17H19ClN2OS2/c1-12-6-8-19(9-7-12)11-20-16(21)15(23-17(20)22)10-13-4-2-3-5-14(13)18/h2-5,10,12H,6-9,11H2,1H3/p+1/b15-10+. The summed E-state index contributed by atoms with van der Waals surface area (Å²) in [4.78, 5) is 16.5. The van der Waals surface area contributed by atoms with Gasteiger partial charge >= 0.3 is 0 Å². The van der Waals surface area contributed by atoms with E-state index in [2.05, 4.69) is 6.92 Å². The smallest absolute Gasteiger partial charge is 0.270 e. The number of carbonyl (C=O) groups is 1. The molecule has 0 bridgehead atoms. The van der Waals surface area contributed by atoms with Gasteiger partial charge < -0.3 is 4.90 Å². The second kappa shape index (κ2) is 7.34. The molecule has 2 aliphatic heterocycles. The Morgan fingerprint density at radius 2 is 2.09 bits per heavy atom. The Morgan fingerprint density at radius 3 is 2.78 bits per heavy atom. The molecule has 122 valence electrons. The van der Waals surface area contributed by atoms with Crippen LogP contribution in [0.5, 0.6) is 0 Å². The Morgan fingerprint density at radius 1 is 1.39 bits per heavy atom. The summed E-state index contributed by atoms with van der Waals surface area (Å²) in [6, 6.07) is 7.53. The fourth-order valence-corrected chi connectivity index (χ4v) is 4.36. The first-order valence-corrected chi connectivity index (χ1v) is 9.48. The number of thioether (sulfide) groups is 1. The number of amides is 1. The summed E-state index contributed by atoms with van der Waals surface area (Å²) in [6.45, 7) is 5.20. The third-order valence-electron chi connectivity index (χ3n) is 4.43. The number of carbonyl (C=O) groups excluding carboxylic acids is 1. The molecule has 0 aromatic heterocycles. The molecule has 6 heteroatoms. The van der Waals surface area contributed by atoms with Crippen LogP contribution in [0.1, 0.15) is 25.3 Å². The van der Waals surface area contributed by atoms with E-state index in [1.54, 1.807) is 4.90 Å². The molecule has 1 N–H and O–H groups in total. The predicted octanol–water partition coefficient (Wildman–Crippen LogP) is 2.81. The molecule has 0 saturated carbocycles. The SMILES string of the molecule is CC1CC[NH+](CN2C(=O)/C(=C\c3ccccc3Cl)SC2=S)CC1. The maximum atomic E-state index is 12.7. The van der Waals surface area contributed by atoms with E-state index in [4.69, 9.17) is 23.8 Å². The van der Waals surface area contributed by atoms with Gasteiger partial charge in [-0.15, -0.1) is 0 Å². The lowest BCUT2D eigenvalue weighted by Crippen LogP contribution is -3.14. The fourth-order valence-electron chi connectivity index (χ4n) is 2.92. The van der Waals surface area contributed by atoms with Crippen LogP contribution in [0.15, 0.2) is 29.2 Å². The van der Waals surface area contributed by atoms with Crippen LogP contribution >= 0.6 is 35.6 Å². The summed E-state index contributed by atoms with van der Waals surface area (Å²) in [5.74, 6) is 0.802. The van der Waals surface area contributed by atoms with Gasteiger partial charge in [-0.25, -0.2) is 4.90 Å². The second-order valence-corrected chi connectivity index (χ2v) is 8.30. The molecule has 1 aromatic rings. The number of hydrogen-bond donors (Lipinski definition) is 1. The first-order valence-electron chi connectivity index (χ1n) is 7.88. The molecule has 3 rings (SSSR count). The number of halogens is 1. The minimum Gasteiger partial charge on any atom is -0.317 e. The summed E-state index contributed by atoms with van der Waals surface area (Å²) < 4.78 is 0.652. The molecule has 2 fully saturated rings. The van der Waals surface area contributed by atoms with Gasteiger partial charge in [-0.1, -0.05) is 60.7 Å². The monoisotopic (exact) mass is 367 g/mol. The number of quaternary nitrogens is 1. The highest BCUT2D eigenvalue weighted by atomic mass is 35.5. The third-order valence-corrected chi connectivity index (χ3v) is 6.15. The Labute approximate surface area is 151 Å². The lowest BCUT2D eigenvalue weighted by atomic mass is 10.00. The van der Waals surface area contributed by atoms with Crippen LogP contribution in [0, 0.1) is 5.92 Å². The van der Waals surface area contributed by atoms with Crippen LogP contribution in [-0.2, 0) is 4.79 Å². The largest absolute Gasteiger partial charge is 0.317 e. The van der Waals surface area contributed by atoms with E-state index >= 15 is 0 Å². The molecule has 3 nitrogen and oxygen atoms in total. The molecule has 23 heavy (non-hydrogen) atoms. The average molecular weight is 368 g/mol. The summed E-state index contributed by atoms with van der Waals surface area (Å²) in [7, 11) is 0. The van der Waals surface area contributed by atoms with E-state index < -0.39 is 0 Å². The number of benzene rings is 1. The number of thiocarbonyl (C=S) groups is 1. The van der Waals surface area contributed by atoms with Crippen molar-refractivity contribution in [2.45, 2.75) is 19.8 Å². The van der Waals surface area contributed by atoms with Crippen molar-refractivity contribution in [3.63, 3.8) is 0 Å². The zero-order valence-corrected chi connectivity index (χ0v) is 15.4. The van der Waals surface area contributed by atoms with Gasteiger partial charge in [0.25, 0.3) is 5.91 Å². The first-order chi connectivity index (χ1) is 11.0. The van der Waals surface area contributed by atoms with Gasteiger partial charge in [-0.3, -0.25) is 4.79 Å². The second-order valence-electron chi connectivity index (χ2n) is 6.22. The molecule has 0 radical (unpaired) electrons. The molecule has 0 unspecified atom stereocenters. The van der Waals surface area contributed by atoms with Crippen LogP contribution < -0.4 is 4.90 Å². The van der Waals surface area contributed by atoms with Crippen LogP contribution in [-0.4, -0.2) is 34.9 Å². The molecule has 2 aliphatic rings. The summed E-state index contributed by atoms with van der Waals surface area (Å²) in [5, 5.41) is 0.647. The van der Waals surface area contributed by atoms with Crippen molar-refractivity contribution >= 4 is 51.9 Å². The van der Waals surface area contributed by atoms with Gasteiger partial charge in [0, 0.05) is 5.02 Å². The van der Waals surface area contributed by atoms with Crippen LogP contribution in [0.3, 0.4) is 0 Å². The highest BCUT2D eigenvalue weighted by molar-refractivity contribution is 8.26. The van der Waals surface area contributed by atoms with Crippen molar-refractivity contribution in [1.82, 2.24) is 4.90 Å². The van der Waals surface area contributed by atoms with Crippen molar-refractivity contribution in [3.05, 3.63) is 39.8 Å². The Balaban J connectivity index is 1.71. The molecular weight excluding hydrogens is 348 g/mol. The molecule has 2 saturated heterocycles. The van der Waals surface area contributed by atoms with E-state index in [1.165, 1.54) is 29.5 Å². The van der Waals surface area contributed by atoms with Gasteiger partial charge in [-0.05, 0) is 36.5 Å². The highest BCUT2D eigenvalue weighted by Gasteiger charge is 2.35. The minimum absolute atomic E-state index is 0.00559. The van der Waals surface area contributed by atoms with Crippen molar-refractivity contribution in [2.75, 3.05) is 19.8 Å². The number of nitrogens with one attached hydrogen (secondary N) is 1. The lowest BCUT2D eigenvalue weighted by Gasteiger charge is -2.29. The number of hydrogen-bond acceptors (Lipinski definition) is 3. The number of rotatable bonds is 3. The average Bonchev–Trinajstić information content (AvgIpc) is 2.79. The topological polar surface area (TPSA) is 24.8 Å². The molecule has 1 amide bonds. The van der Waals surface area contributed by atoms with E-state index in [0.29, 0.717) is 20.9 Å². The van der Waals surface area contributed by atoms with Crippen LogP contribution in [0.25, 0.3) is 6.08 Å². The minimum atomic E-state index is 0.00559. The van der Waals surface area contributed by atoms with Crippen LogP contribution in [0.2, 0.25) is 5.02 Å². The van der Waals surface area contributed by atoms with Crippen molar-refractivity contribution in [3.8, 4) is 0 Å². The molecule has 0 aliphatic carbocycles. The first kappa shape index (κ1) is 17.0. The number of likely N-dealkylation sites (tertiary alicyclic amines) is 1. The summed E-state index contributed by atoms with van der Waals surface area (Å²) in [5.41, 5.74) is 0.855. The van der Waals surface area contributed by atoms with Crippen LogP contribution in [0.4, 0.5) is 0 Å². The van der Waals surface area contributed by atoms with E-state index in [1.807, 2.05) is 30.3 Å².